The SMILES string of the molecule is COC(=O)c1cccc(-c2cc(O)c(SCCc3ccccc3)c(=O)o2)c1COc1ccccc1. The van der Waals surface area contributed by atoms with Crippen LogP contribution in [0.4, 0.5) is 0 Å². The Morgan fingerprint density at radius 1 is 0.971 bits per heavy atom. The number of benzene rings is 3. The van der Waals surface area contributed by atoms with Gasteiger partial charge in [-0.25, -0.2) is 9.59 Å². The summed E-state index contributed by atoms with van der Waals surface area (Å²) in [5.41, 5.74) is 1.72. The highest BCUT2D eigenvalue weighted by molar-refractivity contribution is 7.99. The van der Waals surface area contributed by atoms with Crippen molar-refractivity contribution in [1.82, 2.24) is 0 Å². The Balaban J connectivity index is 1.63. The molecular formula is C28H24O6S. The Bertz CT molecular complexity index is 1350. The van der Waals surface area contributed by atoms with Gasteiger partial charge in [0.2, 0.25) is 0 Å². The van der Waals surface area contributed by atoms with Crippen molar-refractivity contribution in [1.29, 1.82) is 0 Å². The molecule has 4 rings (SSSR count). The van der Waals surface area contributed by atoms with Crippen LogP contribution in [0.15, 0.2) is 99.0 Å². The molecular weight excluding hydrogens is 464 g/mol. The highest BCUT2D eigenvalue weighted by atomic mass is 32.2. The second-order valence-electron chi connectivity index (χ2n) is 7.62. The van der Waals surface area contributed by atoms with E-state index in [-0.39, 0.29) is 28.6 Å². The van der Waals surface area contributed by atoms with E-state index >= 15 is 0 Å². The molecule has 178 valence electrons. The third-order valence-corrected chi connectivity index (χ3v) is 6.41. The molecule has 0 spiro atoms. The van der Waals surface area contributed by atoms with Gasteiger partial charge < -0.3 is 19.0 Å². The monoisotopic (exact) mass is 488 g/mol. The number of esters is 1. The van der Waals surface area contributed by atoms with Gasteiger partial charge in [-0.2, -0.15) is 0 Å². The largest absolute Gasteiger partial charge is 0.506 e. The molecule has 1 N–H and O–H groups in total. The lowest BCUT2D eigenvalue weighted by atomic mass is 9.99. The number of carbonyl (C=O) groups is 1. The molecule has 1 aromatic heterocycles. The zero-order valence-corrected chi connectivity index (χ0v) is 19.9. The molecule has 0 saturated heterocycles. The van der Waals surface area contributed by atoms with Gasteiger partial charge in [-0.1, -0.05) is 60.7 Å². The molecule has 0 aliphatic heterocycles. The molecule has 35 heavy (non-hydrogen) atoms. The van der Waals surface area contributed by atoms with Crippen molar-refractivity contribution in [2.24, 2.45) is 0 Å². The quantitative estimate of drug-likeness (QED) is 0.238. The standard InChI is InChI=1S/C28H24O6S/c1-32-27(30)22-14-8-13-21(23(22)18-33-20-11-6-3-7-12-20)25-17-24(29)26(28(31)34-25)35-16-15-19-9-4-2-5-10-19/h2-14,17,29H,15-16,18H2,1H3. The molecule has 0 aliphatic carbocycles. The van der Waals surface area contributed by atoms with Crippen LogP contribution in [0.25, 0.3) is 11.3 Å². The van der Waals surface area contributed by atoms with Crippen LogP contribution in [0, 0.1) is 0 Å². The minimum Gasteiger partial charge on any atom is -0.506 e. The number of thioether (sulfide) groups is 1. The van der Waals surface area contributed by atoms with Crippen molar-refractivity contribution in [3.05, 3.63) is 112 Å². The fourth-order valence-electron chi connectivity index (χ4n) is 3.60. The first kappa shape index (κ1) is 24.2. The van der Waals surface area contributed by atoms with Gasteiger partial charge in [0.25, 0.3) is 0 Å². The normalized spacial score (nSPS) is 10.7. The lowest BCUT2D eigenvalue weighted by Crippen LogP contribution is -2.10. The molecule has 0 atom stereocenters. The lowest BCUT2D eigenvalue weighted by Gasteiger charge is -2.15. The summed E-state index contributed by atoms with van der Waals surface area (Å²) in [6.07, 6.45) is 0.744. The number of carbonyl (C=O) groups excluding carboxylic acids is 1. The average Bonchev–Trinajstić information content (AvgIpc) is 2.89. The molecule has 7 heteroatoms. The first-order chi connectivity index (χ1) is 17.1. The first-order valence-electron chi connectivity index (χ1n) is 11.0. The van der Waals surface area contributed by atoms with Gasteiger partial charge in [-0.05, 0) is 30.2 Å². The summed E-state index contributed by atoms with van der Waals surface area (Å²) in [5.74, 6) is 0.645. The summed E-state index contributed by atoms with van der Waals surface area (Å²) in [6.45, 7) is 0.0304. The van der Waals surface area contributed by atoms with Crippen LogP contribution in [0.1, 0.15) is 21.5 Å². The number of rotatable bonds is 9. The van der Waals surface area contributed by atoms with Crippen LogP contribution in [0.5, 0.6) is 11.5 Å². The molecule has 0 bridgehead atoms. The van der Waals surface area contributed by atoms with Gasteiger partial charge in [-0.15, -0.1) is 11.8 Å². The number of aryl methyl sites for hydroxylation is 1. The number of ether oxygens (including phenoxy) is 2. The van der Waals surface area contributed by atoms with E-state index in [2.05, 4.69) is 0 Å². The van der Waals surface area contributed by atoms with E-state index in [0.29, 0.717) is 22.6 Å². The molecule has 0 aliphatic rings. The topological polar surface area (TPSA) is 86.0 Å². The van der Waals surface area contributed by atoms with E-state index in [4.69, 9.17) is 13.9 Å². The van der Waals surface area contributed by atoms with Crippen LogP contribution in [0.3, 0.4) is 0 Å². The van der Waals surface area contributed by atoms with Crippen LogP contribution >= 0.6 is 11.8 Å². The Morgan fingerprint density at radius 2 is 1.69 bits per heavy atom. The predicted octanol–water partition coefficient (Wildman–Crippen LogP) is 5.71. The maximum absolute atomic E-state index is 12.8. The van der Waals surface area contributed by atoms with Crippen LogP contribution < -0.4 is 10.4 Å². The Labute approximate surface area is 207 Å². The van der Waals surface area contributed by atoms with Crippen molar-refractivity contribution >= 4 is 17.7 Å². The highest BCUT2D eigenvalue weighted by Crippen LogP contribution is 2.33. The molecule has 6 nitrogen and oxygen atoms in total. The summed E-state index contributed by atoms with van der Waals surface area (Å²) in [7, 11) is 1.30. The van der Waals surface area contributed by atoms with E-state index < -0.39 is 11.6 Å². The molecule has 0 amide bonds. The zero-order chi connectivity index (χ0) is 24.6. The maximum Gasteiger partial charge on any atom is 0.353 e. The Morgan fingerprint density at radius 3 is 2.37 bits per heavy atom. The molecule has 0 unspecified atom stereocenters. The minimum atomic E-state index is -0.642. The van der Waals surface area contributed by atoms with Gasteiger partial charge in [0, 0.05) is 22.9 Å². The molecule has 3 aromatic carbocycles. The van der Waals surface area contributed by atoms with Crippen molar-refractivity contribution < 1.29 is 23.8 Å². The second-order valence-corrected chi connectivity index (χ2v) is 8.73. The number of para-hydroxylation sites is 1. The van der Waals surface area contributed by atoms with Gasteiger partial charge in [0.1, 0.15) is 28.8 Å². The van der Waals surface area contributed by atoms with Crippen LogP contribution in [0.2, 0.25) is 0 Å². The number of methoxy groups -OCH3 is 1. The average molecular weight is 489 g/mol. The van der Waals surface area contributed by atoms with Crippen LogP contribution in [-0.4, -0.2) is 23.9 Å². The van der Waals surface area contributed by atoms with Crippen molar-refractivity contribution in [3.8, 4) is 22.8 Å². The van der Waals surface area contributed by atoms with Crippen molar-refractivity contribution in [2.45, 2.75) is 17.9 Å². The van der Waals surface area contributed by atoms with Gasteiger partial charge >= 0.3 is 11.6 Å². The Hall–Kier alpha value is -3.97. The van der Waals surface area contributed by atoms with E-state index in [0.717, 1.165) is 12.0 Å². The van der Waals surface area contributed by atoms with E-state index in [9.17, 15) is 14.7 Å². The summed E-state index contributed by atoms with van der Waals surface area (Å²) < 4.78 is 16.4. The summed E-state index contributed by atoms with van der Waals surface area (Å²) in [5, 5.41) is 10.7. The van der Waals surface area contributed by atoms with Gasteiger partial charge in [0.15, 0.2) is 0 Å². The smallest absolute Gasteiger partial charge is 0.353 e. The van der Waals surface area contributed by atoms with Crippen molar-refractivity contribution in [3.63, 3.8) is 0 Å². The third-order valence-electron chi connectivity index (χ3n) is 5.34. The molecule has 1 heterocycles. The summed E-state index contributed by atoms with van der Waals surface area (Å²) in [6, 6.07) is 25.4. The van der Waals surface area contributed by atoms with Gasteiger partial charge in [0.05, 0.1) is 12.7 Å². The van der Waals surface area contributed by atoms with Crippen LogP contribution in [-0.2, 0) is 17.8 Å². The summed E-state index contributed by atoms with van der Waals surface area (Å²) >= 11 is 1.24. The second kappa shape index (κ2) is 11.4. The zero-order valence-electron chi connectivity index (χ0n) is 19.1. The van der Waals surface area contributed by atoms with Crippen molar-refractivity contribution in [2.75, 3.05) is 12.9 Å². The van der Waals surface area contributed by atoms with E-state index in [1.165, 1.54) is 24.9 Å². The highest BCUT2D eigenvalue weighted by Gasteiger charge is 2.21. The fraction of sp³-hybridized carbons (Fsp3) is 0.143. The predicted molar refractivity (Wildman–Crippen MR) is 135 cm³/mol. The molecule has 0 saturated carbocycles. The Kier molecular flexibility index (Phi) is 7.90. The number of aromatic hydroxyl groups is 1. The number of hydrogen-bond donors (Lipinski definition) is 1. The lowest BCUT2D eigenvalue weighted by molar-refractivity contribution is 0.0598. The molecule has 0 fully saturated rings. The van der Waals surface area contributed by atoms with E-state index in [1.54, 1.807) is 30.3 Å². The maximum atomic E-state index is 12.8. The molecule has 0 radical (unpaired) electrons. The third kappa shape index (κ3) is 5.94. The molecule has 4 aromatic rings. The minimum absolute atomic E-state index is 0.0304. The van der Waals surface area contributed by atoms with E-state index in [1.807, 2.05) is 48.5 Å². The summed E-state index contributed by atoms with van der Waals surface area (Å²) in [4.78, 5) is 25.4. The fourth-order valence-corrected chi connectivity index (χ4v) is 4.51. The first-order valence-corrected chi connectivity index (χ1v) is 12.0. The van der Waals surface area contributed by atoms with Gasteiger partial charge in [-0.3, -0.25) is 0 Å². The number of hydrogen-bond acceptors (Lipinski definition) is 7.